The van der Waals surface area contributed by atoms with Gasteiger partial charge in [0.15, 0.2) is 5.78 Å². The van der Waals surface area contributed by atoms with Gasteiger partial charge in [-0.15, -0.1) is 0 Å². The maximum absolute atomic E-state index is 12.1. The predicted molar refractivity (Wildman–Crippen MR) is 71.0 cm³/mol. The molecule has 4 heteroatoms. The number of allylic oxidation sites excluding steroid dienone is 1. The lowest BCUT2D eigenvalue weighted by Gasteiger charge is -2.04. The Balaban J connectivity index is 2.25. The Morgan fingerprint density at radius 1 is 1.00 bits per heavy atom. The average molecular weight is 253 g/mol. The summed E-state index contributed by atoms with van der Waals surface area (Å²) in [7, 11) is 0. The summed E-state index contributed by atoms with van der Waals surface area (Å²) < 4.78 is 0. The molecule has 0 aliphatic rings. The number of carboxylic acid groups (broad SMARTS) is 1. The molecule has 1 N–H and O–H groups in total. The first-order chi connectivity index (χ1) is 9.09. The van der Waals surface area contributed by atoms with Crippen LogP contribution in [0.15, 0.2) is 55.2 Å². The Kier molecular flexibility index (Phi) is 3.52. The maximum Gasteiger partial charge on any atom is 0.335 e. The number of hydrogen-bond acceptors (Lipinski definition) is 3. The maximum atomic E-state index is 12.1. The molecule has 0 bridgehead atoms. The van der Waals surface area contributed by atoms with Crippen molar-refractivity contribution >= 4 is 17.3 Å². The molecule has 0 saturated heterocycles. The summed E-state index contributed by atoms with van der Waals surface area (Å²) in [6, 6.07) is 10.9. The number of nitrogens with zero attached hydrogens (tertiary/aromatic N) is 1. The van der Waals surface area contributed by atoms with Crippen molar-refractivity contribution in [1.82, 2.24) is 4.98 Å². The van der Waals surface area contributed by atoms with Crippen LogP contribution in [0.5, 0.6) is 0 Å². The Labute approximate surface area is 110 Å². The number of rotatable bonds is 4. The van der Waals surface area contributed by atoms with Crippen molar-refractivity contribution in [1.29, 1.82) is 0 Å². The summed E-state index contributed by atoms with van der Waals surface area (Å²) in [6.45, 7) is 3.73. The van der Waals surface area contributed by atoms with Crippen LogP contribution in [-0.2, 0) is 0 Å². The van der Waals surface area contributed by atoms with Crippen molar-refractivity contribution in [2.75, 3.05) is 0 Å². The molecule has 0 atom stereocenters. The number of aromatic carboxylic acids is 1. The summed E-state index contributed by atoms with van der Waals surface area (Å²) in [5.74, 6) is -1.29. The van der Waals surface area contributed by atoms with Crippen LogP contribution in [0.1, 0.15) is 26.4 Å². The molecular formula is C15H11NO3. The van der Waals surface area contributed by atoms with Crippen molar-refractivity contribution in [3.05, 3.63) is 72.1 Å². The number of hydrogen-bond donors (Lipinski definition) is 1. The van der Waals surface area contributed by atoms with Crippen molar-refractivity contribution in [3.8, 4) is 0 Å². The van der Waals surface area contributed by atoms with Crippen LogP contribution < -0.4 is 0 Å². The third-order valence-electron chi connectivity index (χ3n) is 2.64. The number of pyridine rings is 1. The number of carbonyl (C=O) groups excluding carboxylic acids is 1. The molecule has 1 aromatic carbocycles. The van der Waals surface area contributed by atoms with E-state index in [0.717, 1.165) is 0 Å². The smallest absolute Gasteiger partial charge is 0.335 e. The number of Topliss-reactive ketones (excluding diaryl/α,β-unsaturated/α-hetero) is 1. The van der Waals surface area contributed by atoms with E-state index in [-0.39, 0.29) is 16.9 Å². The number of ketones is 1. The third-order valence-corrected chi connectivity index (χ3v) is 2.64. The molecule has 2 rings (SSSR count). The lowest BCUT2D eigenvalue weighted by Crippen LogP contribution is -2.04. The largest absolute Gasteiger partial charge is 0.478 e. The zero-order chi connectivity index (χ0) is 13.8. The van der Waals surface area contributed by atoms with Gasteiger partial charge in [0.2, 0.25) is 0 Å². The molecule has 0 amide bonds. The average Bonchev–Trinajstić information content (AvgIpc) is 2.46. The molecular weight excluding hydrogens is 242 g/mol. The van der Waals surface area contributed by atoms with Gasteiger partial charge in [0.25, 0.3) is 0 Å². The van der Waals surface area contributed by atoms with Gasteiger partial charge in [-0.3, -0.25) is 9.78 Å². The Bertz CT molecular complexity index is 630. The molecule has 2 aromatic rings. The highest BCUT2D eigenvalue weighted by Gasteiger charge is 2.13. The summed E-state index contributed by atoms with van der Waals surface area (Å²) in [6.07, 6.45) is 1.58. The van der Waals surface area contributed by atoms with Crippen LogP contribution in [0.4, 0.5) is 0 Å². The molecule has 19 heavy (non-hydrogen) atoms. The molecule has 1 aromatic heterocycles. The van der Waals surface area contributed by atoms with Gasteiger partial charge < -0.3 is 5.11 Å². The van der Waals surface area contributed by atoms with E-state index >= 15 is 0 Å². The molecule has 0 aliphatic heterocycles. The highest BCUT2D eigenvalue weighted by Crippen LogP contribution is 2.16. The highest BCUT2D eigenvalue weighted by molar-refractivity contribution is 6.27. The second-order valence-electron chi connectivity index (χ2n) is 3.91. The van der Waals surface area contributed by atoms with E-state index in [1.54, 1.807) is 24.4 Å². The van der Waals surface area contributed by atoms with Crippen LogP contribution in [0, 0.1) is 0 Å². The Morgan fingerprint density at radius 2 is 1.63 bits per heavy atom. The van der Waals surface area contributed by atoms with Gasteiger partial charge in [-0.2, -0.15) is 0 Å². The van der Waals surface area contributed by atoms with Crippen LogP contribution in [-0.4, -0.2) is 21.8 Å². The van der Waals surface area contributed by atoms with Gasteiger partial charge in [0.05, 0.1) is 11.3 Å². The first-order valence-electron chi connectivity index (χ1n) is 5.58. The summed E-state index contributed by atoms with van der Waals surface area (Å²) >= 11 is 0. The molecule has 0 spiro atoms. The lowest BCUT2D eigenvalue weighted by atomic mass is 10.0. The number of aromatic nitrogens is 1. The van der Waals surface area contributed by atoms with E-state index in [2.05, 4.69) is 11.6 Å². The minimum Gasteiger partial charge on any atom is -0.478 e. The summed E-state index contributed by atoms with van der Waals surface area (Å²) in [5.41, 5.74) is 1.32. The zero-order valence-corrected chi connectivity index (χ0v) is 10.0. The second kappa shape index (κ2) is 5.27. The number of carboxylic acids is 1. The topological polar surface area (TPSA) is 67.3 Å². The van der Waals surface area contributed by atoms with E-state index in [4.69, 9.17) is 5.11 Å². The minimum atomic E-state index is -1.03. The van der Waals surface area contributed by atoms with Crippen molar-refractivity contribution in [2.24, 2.45) is 0 Å². The highest BCUT2D eigenvalue weighted by atomic mass is 16.4. The van der Waals surface area contributed by atoms with Crippen molar-refractivity contribution in [3.63, 3.8) is 0 Å². The van der Waals surface area contributed by atoms with Crippen LogP contribution in [0.2, 0.25) is 0 Å². The van der Waals surface area contributed by atoms with Gasteiger partial charge in [-0.05, 0) is 24.3 Å². The fourth-order valence-electron chi connectivity index (χ4n) is 1.60. The van der Waals surface area contributed by atoms with Crippen molar-refractivity contribution < 1.29 is 14.7 Å². The molecule has 1 heterocycles. The van der Waals surface area contributed by atoms with Gasteiger partial charge in [0.1, 0.15) is 0 Å². The molecule has 0 unspecified atom stereocenters. The Morgan fingerprint density at radius 3 is 2.16 bits per heavy atom. The molecule has 0 saturated carbocycles. The summed E-state index contributed by atoms with van der Waals surface area (Å²) in [5, 5.41) is 8.79. The lowest BCUT2D eigenvalue weighted by molar-refractivity contribution is 0.0696. The zero-order valence-electron chi connectivity index (χ0n) is 10.0. The van der Waals surface area contributed by atoms with Gasteiger partial charge in [-0.1, -0.05) is 24.8 Å². The first kappa shape index (κ1) is 12.7. The molecule has 94 valence electrons. The van der Waals surface area contributed by atoms with Gasteiger partial charge in [-0.25, -0.2) is 4.79 Å². The summed E-state index contributed by atoms with van der Waals surface area (Å²) in [4.78, 5) is 26.9. The van der Waals surface area contributed by atoms with E-state index in [1.807, 2.05) is 0 Å². The van der Waals surface area contributed by atoms with E-state index in [1.165, 1.54) is 24.3 Å². The van der Waals surface area contributed by atoms with E-state index < -0.39 is 5.97 Å². The molecule has 4 nitrogen and oxygen atoms in total. The molecule has 0 fully saturated rings. The van der Waals surface area contributed by atoms with Crippen LogP contribution in [0.3, 0.4) is 0 Å². The first-order valence-corrected chi connectivity index (χ1v) is 5.58. The monoisotopic (exact) mass is 253 g/mol. The minimum absolute atomic E-state index is 0.139. The SMILES string of the molecule is C=C(C(=O)c1ccc(C(=O)O)cc1)c1ccccn1. The third kappa shape index (κ3) is 2.74. The Hall–Kier alpha value is -2.75. The quantitative estimate of drug-likeness (QED) is 0.672. The van der Waals surface area contributed by atoms with E-state index in [9.17, 15) is 9.59 Å². The van der Waals surface area contributed by atoms with Gasteiger partial charge in [0, 0.05) is 17.3 Å². The van der Waals surface area contributed by atoms with Crippen molar-refractivity contribution in [2.45, 2.75) is 0 Å². The second-order valence-corrected chi connectivity index (χ2v) is 3.91. The fraction of sp³-hybridized carbons (Fsp3) is 0. The molecule has 0 radical (unpaired) electrons. The standard InChI is InChI=1S/C15H11NO3/c1-10(13-4-2-3-9-16-13)14(17)11-5-7-12(8-6-11)15(18)19/h2-9H,1H2,(H,18,19). The fourth-order valence-corrected chi connectivity index (χ4v) is 1.60. The van der Waals surface area contributed by atoms with Gasteiger partial charge >= 0.3 is 5.97 Å². The van der Waals surface area contributed by atoms with E-state index in [0.29, 0.717) is 11.3 Å². The van der Waals surface area contributed by atoms with Crippen LogP contribution >= 0.6 is 0 Å². The molecule has 0 aliphatic carbocycles. The number of benzene rings is 1. The number of carbonyl (C=O) groups is 2. The normalized spacial score (nSPS) is 9.89. The predicted octanol–water partition coefficient (Wildman–Crippen LogP) is 2.68. The van der Waals surface area contributed by atoms with Crippen LogP contribution in [0.25, 0.3) is 5.57 Å².